The molecule has 0 aromatic heterocycles. The molecule has 0 N–H and O–H groups in total. The monoisotopic (exact) mass is 388 g/mol. The van der Waals surface area contributed by atoms with Crippen LogP contribution in [0.1, 0.15) is 22.8 Å². The Morgan fingerprint density at radius 2 is 1.85 bits per heavy atom. The minimum Gasteiger partial charge on any atom is -0.493 e. The summed E-state index contributed by atoms with van der Waals surface area (Å²) in [6.45, 7) is 6.47. The number of piperazine rings is 1. The summed E-state index contributed by atoms with van der Waals surface area (Å²) in [6.07, 6.45) is 0. The van der Waals surface area contributed by atoms with Crippen LogP contribution < -0.4 is 9.47 Å². The summed E-state index contributed by atoms with van der Waals surface area (Å²) in [7, 11) is 1.65. The summed E-state index contributed by atoms with van der Waals surface area (Å²) in [6, 6.07) is 13.2. The van der Waals surface area contributed by atoms with Gasteiger partial charge in [0.2, 0.25) is 0 Å². The van der Waals surface area contributed by atoms with Crippen molar-refractivity contribution in [3.8, 4) is 11.5 Å². The third-order valence-corrected chi connectivity index (χ3v) is 4.90. The summed E-state index contributed by atoms with van der Waals surface area (Å²) in [5.74, 6) is 1.56. The fourth-order valence-corrected chi connectivity index (χ4v) is 3.45. The highest BCUT2D eigenvalue weighted by molar-refractivity contribution is 6.30. The quantitative estimate of drug-likeness (QED) is 0.756. The van der Waals surface area contributed by atoms with Crippen LogP contribution in [0.5, 0.6) is 11.5 Å². The Morgan fingerprint density at radius 3 is 2.52 bits per heavy atom. The first-order valence-corrected chi connectivity index (χ1v) is 9.55. The molecule has 1 fully saturated rings. The number of rotatable bonds is 6. The van der Waals surface area contributed by atoms with E-state index in [0.717, 1.165) is 31.1 Å². The molecular weight excluding hydrogens is 364 g/mol. The van der Waals surface area contributed by atoms with Crippen molar-refractivity contribution in [1.82, 2.24) is 9.80 Å². The predicted octanol–water partition coefficient (Wildman–Crippen LogP) is 3.71. The van der Waals surface area contributed by atoms with E-state index in [1.54, 1.807) is 19.2 Å². The van der Waals surface area contributed by atoms with Crippen molar-refractivity contribution in [2.45, 2.75) is 13.5 Å². The lowest BCUT2D eigenvalue weighted by atomic mass is 10.1. The summed E-state index contributed by atoms with van der Waals surface area (Å²) in [5, 5.41) is 0.587. The molecule has 0 atom stereocenters. The van der Waals surface area contributed by atoms with Crippen molar-refractivity contribution in [2.24, 2.45) is 0 Å². The van der Waals surface area contributed by atoms with Gasteiger partial charge in [0.25, 0.3) is 5.91 Å². The highest BCUT2D eigenvalue weighted by Gasteiger charge is 2.22. The molecule has 2 aromatic rings. The number of hydrogen-bond donors (Lipinski definition) is 0. The van der Waals surface area contributed by atoms with Crippen molar-refractivity contribution in [2.75, 3.05) is 39.9 Å². The van der Waals surface area contributed by atoms with E-state index in [0.29, 0.717) is 30.3 Å². The van der Waals surface area contributed by atoms with Crippen LogP contribution in [-0.4, -0.2) is 55.6 Å². The molecule has 5 nitrogen and oxygen atoms in total. The topological polar surface area (TPSA) is 42.0 Å². The van der Waals surface area contributed by atoms with Gasteiger partial charge in [-0.3, -0.25) is 9.69 Å². The van der Waals surface area contributed by atoms with Crippen molar-refractivity contribution in [1.29, 1.82) is 0 Å². The second kappa shape index (κ2) is 9.11. The Labute approximate surface area is 165 Å². The molecular formula is C21H25ClN2O3. The molecule has 0 spiro atoms. The second-order valence-electron chi connectivity index (χ2n) is 6.50. The van der Waals surface area contributed by atoms with Crippen molar-refractivity contribution in [3.63, 3.8) is 0 Å². The highest BCUT2D eigenvalue weighted by atomic mass is 35.5. The van der Waals surface area contributed by atoms with Gasteiger partial charge in [0.1, 0.15) is 0 Å². The number of amides is 1. The molecule has 1 amide bonds. The van der Waals surface area contributed by atoms with E-state index in [9.17, 15) is 4.79 Å². The maximum Gasteiger partial charge on any atom is 0.253 e. The Balaban J connectivity index is 1.58. The zero-order valence-electron chi connectivity index (χ0n) is 15.8. The molecule has 1 aliphatic rings. The van der Waals surface area contributed by atoms with Crippen molar-refractivity contribution >= 4 is 17.5 Å². The smallest absolute Gasteiger partial charge is 0.253 e. The first-order valence-electron chi connectivity index (χ1n) is 9.17. The van der Waals surface area contributed by atoms with Crippen LogP contribution in [0.3, 0.4) is 0 Å². The van der Waals surface area contributed by atoms with E-state index in [-0.39, 0.29) is 5.91 Å². The summed E-state index contributed by atoms with van der Waals surface area (Å²) in [4.78, 5) is 16.9. The molecule has 0 radical (unpaired) electrons. The van der Waals surface area contributed by atoms with Crippen LogP contribution in [0.4, 0.5) is 0 Å². The Hall–Kier alpha value is -2.24. The van der Waals surface area contributed by atoms with Gasteiger partial charge in [-0.2, -0.15) is 0 Å². The lowest BCUT2D eigenvalue weighted by Gasteiger charge is -2.35. The molecule has 0 aliphatic carbocycles. The molecule has 144 valence electrons. The van der Waals surface area contributed by atoms with E-state index in [4.69, 9.17) is 21.1 Å². The summed E-state index contributed by atoms with van der Waals surface area (Å²) < 4.78 is 11.0. The Bertz CT molecular complexity index is 789. The third kappa shape index (κ3) is 4.93. The second-order valence-corrected chi connectivity index (χ2v) is 6.93. The number of ether oxygens (including phenoxy) is 2. The standard InChI is InChI=1S/C21H25ClN2O3/c1-3-27-20-13-16(7-8-19(20)26-2)15-23-9-11-24(12-10-23)21(25)17-5-4-6-18(22)14-17/h4-8,13-14H,3,9-12,15H2,1-2H3. The largest absolute Gasteiger partial charge is 0.493 e. The van der Waals surface area contributed by atoms with E-state index in [1.807, 2.05) is 36.1 Å². The van der Waals surface area contributed by atoms with E-state index in [2.05, 4.69) is 11.0 Å². The average Bonchev–Trinajstić information content (AvgIpc) is 2.68. The van der Waals surface area contributed by atoms with Crippen LogP contribution in [0.2, 0.25) is 5.02 Å². The Kier molecular flexibility index (Phi) is 6.58. The molecule has 2 aromatic carbocycles. The van der Waals surface area contributed by atoms with Crippen LogP contribution in [0.25, 0.3) is 0 Å². The number of carbonyl (C=O) groups is 1. The van der Waals surface area contributed by atoms with E-state index >= 15 is 0 Å². The van der Waals surface area contributed by atoms with Gasteiger partial charge in [-0.1, -0.05) is 23.7 Å². The van der Waals surface area contributed by atoms with Crippen LogP contribution in [0.15, 0.2) is 42.5 Å². The summed E-state index contributed by atoms with van der Waals surface area (Å²) in [5.41, 5.74) is 1.82. The molecule has 0 saturated carbocycles. The number of benzene rings is 2. The molecule has 6 heteroatoms. The van der Waals surface area contributed by atoms with Crippen LogP contribution in [0, 0.1) is 0 Å². The predicted molar refractivity (Wildman–Crippen MR) is 107 cm³/mol. The lowest BCUT2D eigenvalue weighted by molar-refractivity contribution is 0.0628. The minimum atomic E-state index is 0.0419. The fourth-order valence-electron chi connectivity index (χ4n) is 3.26. The van der Waals surface area contributed by atoms with Gasteiger partial charge in [0, 0.05) is 43.3 Å². The lowest BCUT2D eigenvalue weighted by Crippen LogP contribution is -2.48. The fraction of sp³-hybridized carbons (Fsp3) is 0.381. The minimum absolute atomic E-state index is 0.0419. The first-order chi connectivity index (χ1) is 13.1. The zero-order chi connectivity index (χ0) is 19.2. The molecule has 0 unspecified atom stereocenters. The van der Waals surface area contributed by atoms with Gasteiger partial charge in [-0.05, 0) is 42.8 Å². The number of carbonyl (C=O) groups excluding carboxylic acids is 1. The van der Waals surface area contributed by atoms with Crippen LogP contribution in [-0.2, 0) is 6.54 Å². The third-order valence-electron chi connectivity index (χ3n) is 4.67. The van der Waals surface area contributed by atoms with Gasteiger partial charge in [-0.15, -0.1) is 0 Å². The van der Waals surface area contributed by atoms with Gasteiger partial charge in [0.15, 0.2) is 11.5 Å². The highest BCUT2D eigenvalue weighted by Crippen LogP contribution is 2.28. The van der Waals surface area contributed by atoms with E-state index in [1.165, 1.54) is 5.56 Å². The molecule has 1 heterocycles. The Morgan fingerprint density at radius 1 is 1.07 bits per heavy atom. The maximum absolute atomic E-state index is 12.6. The van der Waals surface area contributed by atoms with Gasteiger partial charge < -0.3 is 14.4 Å². The summed E-state index contributed by atoms with van der Waals surface area (Å²) >= 11 is 6.00. The van der Waals surface area contributed by atoms with Crippen molar-refractivity contribution < 1.29 is 14.3 Å². The number of hydrogen-bond acceptors (Lipinski definition) is 4. The average molecular weight is 389 g/mol. The first kappa shape index (κ1) is 19.5. The van der Waals surface area contributed by atoms with Gasteiger partial charge in [-0.25, -0.2) is 0 Å². The number of methoxy groups -OCH3 is 1. The molecule has 0 bridgehead atoms. The zero-order valence-corrected chi connectivity index (χ0v) is 16.5. The normalized spacial score (nSPS) is 14.9. The van der Waals surface area contributed by atoms with Gasteiger partial charge >= 0.3 is 0 Å². The number of nitrogens with zero attached hydrogens (tertiary/aromatic N) is 2. The van der Waals surface area contributed by atoms with Crippen molar-refractivity contribution in [3.05, 3.63) is 58.6 Å². The molecule has 1 saturated heterocycles. The number of halogens is 1. The van der Waals surface area contributed by atoms with Crippen LogP contribution >= 0.6 is 11.6 Å². The molecule has 3 rings (SSSR count). The SMILES string of the molecule is CCOc1cc(CN2CCN(C(=O)c3cccc(Cl)c3)CC2)ccc1OC. The molecule has 1 aliphatic heterocycles. The molecule has 27 heavy (non-hydrogen) atoms. The van der Waals surface area contributed by atoms with E-state index < -0.39 is 0 Å². The van der Waals surface area contributed by atoms with Gasteiger partial charge in [0.05, 0.1) is 13.7 Å². The maximum atomic E-state index is 12.6.